The highest BCUT2D eigenvalue weighted by molar-refractivity contribution is 5.89. The van der Waals surface area contributed by atoms with Gasteiger partial charge in [0.05, 0.1) is 5.56 Å². The van der Waals surface area contributed by atoms with E-state index in [2.05, 4.69) is 5.32 Å². The van der Waals surface area contributed by atoms with Crippen LogP contribution in [0.15, 0.2) is 24.3 Å². The molecule has 1 saturated heterocycles. The zero-order valence-electron chi connectivity index (χ0n) is 16.4. The summed E-state index contributed by atoms with van der Waals surface area (Å²) in [7, 11) is 0. The summed E-state index contributed by atoms with van der Waals surface area (Å²) in [5.41, 5.74) is -0.557. The molecule has 0 radical (unpaired) electrons. The Kier molecular flexibility index (Phi) is 6.52. The Bertz CT molecular complexity index is 757. The Morgan fingerprint density at radius 1 is 0.933 bits per heavy atom. The SMILES string of the molecule is O=C(Nc1ccc(C(F)(F)F)cc1)N1CCCN(C(=O)C2CCC(F)(F)CC2)CC1. The molecule has 1 heterocycles. The highest BCUT2D eigenvalue weighted by Crippen LogP contribution is 2.37. The molecule has 2 fully saturated rings. The zero-order chi connectivity index (χ0) is 21.9. The smallest absolute Gasteiger partial charge is 0.341 e. The molecule has 1 aliphatic heterocycles. The molecular formula is C20H24F5N3O2. The molecule has 0 unspecified atom stereocenters. The van der Waals surface area contributed by atoms with Gasteiger partial charge < -0.3 is 15.1 Å². The van der Waals surface area contributed by atoms with Crippen molar-refractivity contribution >= 4 is 17.6 Å². The van der Waals surface area contributed by atoms with Crippen LogP contribution in [0.25, 0.3) is 0 Å². The summed E-state index contributed by atoms with van der Waals surface area (Å²) in [5.74, 6) is -3.24. The van der Waals surface area contributed by atoms with Crippen LogP contribution in [0, 0.1) is 5.92 Å². The molecule has 0 atom stereocenters. The molecule has 5 nitrogen and oxygen atoms in total. The number of nitrogens with one attached hydrogen (secondary N) is 1. The molecule has 0 spiro atoms. The molecule has 10 heteroatoms. The number of urea groups is 1. The molecule has 1 N–H and O–H groups in total. The standard InChI is InChI=1S/C20H24F5N3O2/c21-19(22)8-6-14(7-9-19)17(29)27-10-1-11-28(13-12-27)18(30)26-16-4-2-15(3-5-16)20(23,24)25/h2-5,14H,1,6-13H2,(H,26,30). The first-order valence-electron chi connectivity index (χ1n) is 9.95. The number of benzene rings is 1. The summed E-state index contributed by atoms with van der Waals surface area (Å²) in [6, 6.07) is 3.71. The van der Waals surface area contributed by atoms with Crippen molar-refractivity contribution in [2.24, 2.45) is 5.92 Å². The highest BCUT2D eigenvalue weighted by Gasteiger charge is 2.39. The van der Waals surface area contributed by atoms with Gasteiger partial charge in [-0.25, -0.2) is 13.6 Å². The summed E-state index contributed by atoms with van der Waals surface area (Å²) in [5, 5.41) is 2.57. The van der Waals surface area contributed by atoms with Crippen LogP contribution < -0.4 is 5.32 Å². The molecule has 1 aromatic carbocycles. The van der Waals surface area contributed by atoms with E-state index in [0.29, 0.717) is 26.1 Å². The predicted molar refractivity (Wildman–Crippen MR) is 100 cm³/mol. The molecule has 166 valence electrons. The number of anilines is 1. The Labute approximate surface area is 171 Å². The largest absolute Gasteiger partial charge is 0.416 e. The quantitative estimate of drug-likeness (QED) is 0.694. The van der Waals surface area contributed by atoms with E-state index in [1.54, 1.807) is 4.90 Å². The number of carbonyl (C=O) groups excluding carboxylic acids is 2. The van der Waals surface area contributed by atoms with Crippen molar-refractivity contribution in [1.29, 1.82) is 0 Å². The van der Waals surface area contributed by atoms with Crippen LogP contribution >= 0.6 is 0 Å². The van der Waals surface area contributed by atoms with Crippen LogP contribution in [0.3, 0.4) is 0 Å². The summed E-state index contributed by atoms with van der Waals surface area (Å²) >= 11 is 0. The Morgan fingerprint density at radius 3 is 2.10 bits per heavy atom. The third-order valence-corrected chi connectivity index (χ3v) is 5.62. The summed E-state index contributed by atoms with van der Waals surface area (Å²) in [4.78, 5) is 28.2. The minimum absolute atomic E-state index is 0.143. The first kappa shape index (κ1) is 22.3. The van der Waals surface area contributed by atoms with Gasteiger partial charge in [-0.05, 0) is 43.5 Å². The van der Waals surface area contributed by atoms with Crippen LogP contribution in [-0.4, -0.2) is 53.8 Å². The van der Waals surface area contributed by atoms with E-state index < -0.39 is 29.6 Å². The maximum absolute atomic E-state index is 13.3. The minimum atomic E-state index is -4.45. The van der Waals surface area contributed by atoms with Gasteiger partial charge in [-0.2, -0.15) is 13.2 Å². The fourth-order valence-electron chi connectivity index (χ4n) is 3.83. The number of nitrogens with zero attached hydrogens (tertiary/aromatic N) is 2. The summed E-state index contributed by atoms with van der Waals surface area (Å²) in [6.45, 7) is 1.39. The third kappa shape index (κ3) is 5.60. The van der Waals surface area contributed by atoms with Crippen LogP contribution in [0.1, 0.15) is 37.7 Å². The number of halogens is 5. The van der Waals surface area contributed by atoms with Crippen LogP contribution in [-0.2, 0) is 11.0 Å². The fourth-order valence-corrected chi connectivity index (χ4v) is 3.83. The highest BCUT2D eigenvalue weighted by atomic mass is 19.4. The van der Waals surface area contributed by atoms with Crippen LogP contribution in [0.5, 0.6) is 0 Å². The first-order chi connectivity index (χ1) is 14.0. The topological polar surface area (TPSA) is 52.7 Å². The number of carbonyl (C=O) groups is 2. The first-order valence-corrected chi connectivity index (χ1v) is 9.95. The van der Waals surface area contributed by atoms with E-state index >= 15 is 0 Å². The van der Waals surface area contributed by atoms with Gasteiger partial charge >= 0.3 is 12.2 Å². The molecule has 1 saturated carbocycles. The van der Waals surface area contributed by atoms with Gasteiger partial charge in [-0.15, -0.1) is 0 Å². The normalized spacial score (nSPS) is 20.6. The van der Waals surface area contributed by atoms with Gasteiger partial charge in [0, 0.05) is 50.6 Å². The number of rotatable bonds is 2. The molecule has 1 aromatic rings. The van der Waals surface area contributed by atoms with Gasteiger partial charge in [0.15, 0.2) is 0 Å². The van der Waals surface area contributed by atoms with E-state index in [0.717, 1.165) is 12.1 Å². The van der Waals surface area contributed by atoms with Gasteiger partial charge in [0.25, 0.3) is 0 Å². The fraction of sp³-hybridized carbons (Fsp3) is 0.600. The molecule has 2 aliphatic rings. The molecule has 3 rings (SSSR count). The lowest BCUT2D eigenvalue weighted by atomic mass is 9.86. The number of hydrogen-bond donors (Lipinski definition) is 1. The predicted octanol–water partition coefficient (Wildman–Crippen LogP) is 4.60. The zero-order valence-corrected chi connectivity index (χ0v) is 16.4. The molecular weight excluding hydrogens is 409 g/mol. The monoisotopic (exact) mass is 433 g/mol. The summed E-state index contributed by atoms with van der Waals surface area (Å²) in [6.07, 6.45) is -4.13. The second kappa shape index (κ2) is 8.77. The molecule has 0 bridgehead atoms. The third-order valence-electron chi connectivity index (χ3n) is 5.62. The van der Waals surface area contributed by atoms with Crippen molar-refractivity contribution in [1.82, 2.24) is 9.80 Å². The molecule has 30 heavy (non-hydrogen) atoms. The Morgan fingerprint density at radius 2 is 1.50 bits per heavy atom. The van der Waals surface area contributed by atoms with Crippen molar-refractivity contribution in [2.45, 2.75) is 44.2 Å². The lowest BCUT2D eigenvalue weighted by Crippen LogP contribution is -2.42. The molecule has 1 aliphatic carbocycles. The minimum Gasteiger partial charge on any atom is -0.341 e. The molecule has 3 amide bonds. The maximum Gasteiger partial charge on any atom is 0.416 e. The lowest BCUT2D eigenvalue weighted by Gasteiger charge is -2.31. The maximum atomic E-state index is 13.3. The van der Waals surface area contributed by atoms with Gasteiger partial charge in [0.1, 0.15) is 0 Å². The van der Waals surface area contributed by atoms with E-state index in [-0.39, 0.29) is 43.8 Å². The van der Waals surface area contributed by atoms with Crippen LogP contribution in [0.2, 0.25) is 0 Å². The summed E-state index contributed by atoms with van der Waals surface area (Å²) < 4.78 is 64.5. The van der Waals surface area contributed by atoms with Crippen molar-refractivity contribution in [3.63, 3.8) is 0 Å². The van der Waals surface area contributed by atoms with Gasteiger partial charge in [-0.3, -0.25) is 4.79 Å². The van der Waals surface area contributed by atoms with E-state index in [9.17, 15) is 31.5 Å². The van der Waals surface area contributed by atoms with Gasteiger partial charge in [-0.1, -0.05) is 0 Å². The Balaban J connectivity index is 1.52. The van der Waals surface area contributed by atoms with Crippen molar-refractivity contribution in [2.75, 3.05) is 31.5 Å². The number of alkyl halides is 5. The average molecular weight is 433 g/mol. The number of hydrogen-bond acceptors (Lipinski definition) is 2. The van der Waals surface area contributed by atoms with E-state index in [4.69, 9.17) is 0 Å². The van der Waals surface area contributed by atoms with Crippen molar-refractivity contribution < 1.29 is 31.5 Å². The van der Waals surface area contributed by atoms with E-state index in [1.165, 1.54) is 17.0 Å². The lowest BCUT2D eigenvalue weighted by molar-refractivity contribution is -0.139. The van der Waals surface area contributed by atoms with Gasteiger partial charge in [0.2, 0.25) is 11.8 Å². The molecule has 0 aromatic heterocycles. The van der Waals surface area contributed by atoms with E-state index in [1.807, 2.05) is 0 Å². The second-order valence-electron chi connectivity index (χ2n) is 7.80. The second-order valence-corrected chi connectivity index (χ2v) is 7.80. The van der Waals surface area contributed by atoms with Crippen LogP contribution in [0.4, 0.5) is 32.4 Å². The Hall–Kier alpha value is -2.39. The number of amides is 3. The van der Waals surface area contributed by atoms with Crippen molar-refractivity contribution in [3.8, 4) is 0 Å². The van der Waals surface area contributed by atoms with Crippen molar-refractivity contribution in [3.05, 3.63) is 29.8 Å². The average Bonchev–Trinajstić information content (AvgIpc) is 2.93.